The van der Waals surface area contributed by atoms with Crippen LogP contribution in [0, 0.1) is 5.41 Å². The largest absolute Gasteiger partial charge is 0.478 e. The molecule has 162 valence electrons. The van der Waals surface area contributed by atoms with Crippen LogP contribution in [-0.2, 0) is 4.79 Å². The first-order chi connectivity index (χ1) is 14.7. The molecule has 7 heteroatoms. The molecule has 0 radical (unpaired) electrons. The number of rotatable bonds is 4. The van der Waals surface area contributed by atoms with Gasteiger partial charge in [0.15, 0.2) is 0 Å². The molecule has 2 aliphatic carbocycles. The van der Waals surface area contributed by atoms with Gasteiger partial charge in [-0.15, -0.1) is 0 Å². The lowest BCUT2D eigenvalue weighted by Gasteiger charge is -2.34. The summed E-state index contributed by atoms with van der Waals surface area (Å²) in [7, 11) is 0. The number of amides is 1. The molecule has 1 atom stereocenters. The summed E-state index contributed by atoms with van der Waals surface area (Å²) in [6.45, 7) is 0.502. The van der Waals surface area contributed by atoms with Gasteiger partial charge in [-0.2, -0.15) is 0 Å². The minimum atomic E-state index is -2.82. The predicted octanol–water partition coefficient (Wildman–Crippen LogP) is 3.92. The number of carbonyl (C=O) groups is 2. The van der Waals surface area contributed by atoms with Crippen LogP contribution >= 0.6 is 0 Å². The van der Waals surface area contributed by atoms with Crippen molar-refractivity contribution < 1.29 is 28.6 Å². The van der Waals surface area contributed by atoms with E-state index in [-0.39, 0.29) is 37.4 Å². The molecule has 1 amide bonds. The van der Waals surface area contributed by atoms with E-state index >= 15 is 0 Å². The van der Waals surface area contributed by atoms with E-state index in [9.17, 15) is 23.5 Å². The fourth-order valence-corrected chi connectivity index (χ4v) is 5.07. The molecule has 2 aromatic rings. The number of carboxylic acid groups (broad SMARTS) is 1. The van der Waals surface area contributed by atoms with Crippen LogP contribution < -0.4 is 0 Å². The minimum absolute atomic E-state index is 0.193. The zero-order valence-electron chi connectivity index (χ0n) is 16.9. The Morgan fingerprint density at radius 2 is 1.39 bits per heavy atom. The number of carbonyl (C=O) groups excluding carboxylic acids is 1. The summed E-state index contributed by atoms with van der Waals surface area (Å²) in [6, 6.07) is 13.4. The van der Waals surface area contributed by atoms with Crippen LogP contribution in [0.4, 0.5) is 8.78 Å². The Balaban J connectivity index is 1.30. The molecule has 0 bridgehead atoms. The second-order valence-electron chi connectivity index (χ2n) is 9.04. The van der Waals surface area contributed by atoms with Gasteiger partial charge in [-0.1, -0.05) is 36.4 Å². The smallest absolute Gasteiger partial charge is 0.335 e. The Morgan fingerprint density at radius 3 is 1.87 bits per heavy atom. The summed E-state index contributed by atoms with van der Waals surface area (Å²) in [5.74, 6) is -5.00. The van der Waals surface area contributed by atoms with Crippen LogP contribution in [0.2, 0.25) is 0 Å². The molecule has 1 aliphatic heterocycles. The quantitative estimate of drug-likeness (QED) is 0.776. The molecule has 2 saturated carbocycles. The fraction of sp³-hybridized carbons (Fsp3) is 0.417. The number of halogens is 2. The second-order valence-corrected chi connectivity index (χ2v) is 9.04. The topological polar surface area (TPSA) is 77.8 Å². The first-order valence-corrected chi connectivity index (χ1v) is 10.5. The van der Waals surface area contributed by atoms with E-state index in [1.807, 2.05) is 0 Å². The van der Waals surface area contributed by atoms with E-state index in [2.05, 4.69) is 0 Å². The molecule has 31 heavy (non-hydrogen) atoms. The normalized spacial score (nSPS) is 24.6. The Morgan fingerprint density at radius 1 is 0.871 bits per heavy atom. The van der Waals surface area contributed by atoms with Crippen LogP contribution in [0.25, 0.3) is 11.1 Å². The Kier molecular flexibility index (Phi) is 4.28. The van der Waals surface area contributed by atoms with Crippen molar-refractivity contribution >= 4 is 11.9 Å². The third kappa shape index (κ3) is 3.05. The molecule has 0 unspecified atom stereocenters. The number of hydrogen-bond donors (Lipinski definition) is 2. The minimum Gasteiger partial charge on any atom is -0.478 e. The van der Waals surface area contributed by atoms with Crippen molar-refractivity contribution in [2.75, 3.05) is 13.1 Å². The van der Waals surface area contributed by atoms with Gasteiger partial charge in [-0.3, -0.25) is 4.79 Å². The summed E-state index contributed by atoms with van der Waals surface area (Å²) in [6.07, 6.45) is 1.37. The maximum absolute atomic E-state index is 14.9. The first-order valence-electron chi connectivity index (χ1n) is 10.5. The van der Waals surface area contributed by atoms with E-state index in [1.54, 1.807) is 36.4 Å². The number of benzene rings is 2. The molecular weight excluding hydrogens is 404 g/mol. The lowest BCUT2D eigenvalue weighted by molar-refractivity contribution is -0.144. The number of hydrogen-bond acceptors (Lipinski definition) is 3. The van der Waals surface area contributed by atoms with Crippen molar-refractivity contribution in [3.8, 4) is 11.1 Å². The SMILES string of the molecule is O=C(O)c1ccc(-c2ccc([C@H]3C(F)(F)C34CCN(C(=O)C3(O)CC3)CC4)cc2)cc1. The van der Waals surface area contributed by atoms with Gasteiger partial charge in [0.05, 0.1) is 16.9 Å². The molecule has 3 fully saturated rings. The Hall–Kier alpha value is -2.80. The van der Waals surface area contributed by atoms with Gasteiger partial charge in [-0.25, -0.2) is 13.6 Å². The highest BCUT2D eigenvalue weighted by atomic mass is 19.3. The summed E-state index contributed by atoms with van der Waals surface area (Å²) in [5, 5.41) is 19.0. The maximum atomic E-state index is 14.9. The third-order valence-corrected chi connectivity index (χ3v) is 7.27. The molecule has 5 rings (SSSR count). The van der Waals surface area contributed by atoms with Crippen molar-refractivity contribution in [1.82, 2.24) is 4.90 Å². The van der Waals surface area contributed by atoms with Crippen molar-refractivity contribution in [2.24, 2.45) is 5.41 Å². The fourth-order valence-electron chi connectivity index (χ4n) is 5.07. The van der Waals surface area contributed by atoms with Crippen LogP contribution in [0.3, 0.4) is 0 Å². The highest BCUT2D eigenvalue weighted by molar-refractivity contribution is 5.88. The molecule has 1 spiro atoms. The zero-order chi connectivity index (χ0) is 22.0. The number of nitrogens with zero attached hydrogens (tertiary/aromatic N) is 1. The summed E-state index contributed by atoms with van der Waals surface area (Å²) < 4.78 is 29.9. The van der Waals surface area contributed by atoms with Gasteiger partial charge in [0, 0.05) is 13.1 Å². The van der Waals surface area contributed by atoms with E-state index in [1.165, 1.54) is 17.0 Å². The highest BCUT2D eigenvalue weighted by Crippen LogP contribution is 2.75. The number of alkyl halides is 2. The lowest BCUT2D eigenvalue weighted by atomic mass is 9.87. The summed E-state index contributed by atoms with van der Waals surface area (Å²) in [4.78, 5) is 24.8. The first kappa shape index (κ1) is 20.1. The van der Waals surface area contributed by atoms with E-state index in [4.69, 9.17) is 5.11 Å². The lowest BCUT2D eigenvalue weighted by Crippen LogP contribution is -2.46. The van der Waals surface area contributed by atoms with Crippen molar-refractivity contribution in [2.45, 2.75) is 43.1 Å². The average Bonchev–Trinajstić information content (AvgIpc) is 3.62. The van der Waals surface area contributed by atoms with Crippen LogP contribution in [0.15, 0.2) is 48.5 Å². The zero-order valence-corrected chi connectivity index (χ0v) is 16.9. The third-order valence-electron chi connectivity index (χ3n) is 7.27. The van der Waals surface area contributed by atoms with E-state index in [0.717, 1.165) is 11.1 Å². The van der Waals surface area contributed by atoms with Gasteiger partial charge < -0.3 is 15.1 Å². The molecule has 2 aromatic carbocycles. The van der Waals surface area contributed by atoms with Crippen molar-refractivity contribution in [1.29, 1.82) is 0 Å². The van der Waals surface area contributed by atoms with Gasteiger partial charge >= 0.3 is 5.97 Å². The van der Waals surface area contributed by atoms with Gasteiger partial charge in [0.2, 0.25) is 0 Å². The van der Waals surface area contributed by atoms with Gasteiger partial charge in [-0.05, 0) is 54.5 Å². The molecule has 1 heterocycles. The molecule has 2 N–H and O–H groups in total. The van der Waals surface area contributed by atoms with Crippen LogP contribution in [0.5, 0.6) is 0 Å². The molecule has 1 saturated heterocycles. The van der Waals surface area contributed by atoms with Gasteiger partial charge in [0.25, 0.3) is 11.8 Å². The monoisotopic (exact) mass is 427 g/mol. The number of aromatic carboxylic acids is 1. The van der Waals surface area contributed by atoms with Crippen molar-refractivity contribution in [3.05, 3.63) is 59.7 Å². The van der Waals surface area contributed by atoms with Crippen LogP contribution in [-0.4, -0.2) is 51.6 Å². The highest BCUT2D eigenvalue weighted by Gasteiger charge is 2.80. The number of piperidine rings is 1. The Labute approximate surface area is 178 Å². The van der Waals surface area contributed by atoms with E-state index in [0.29, 0.717) is 18.4 Å². The molecule has 0 aromatic heterocycles. The second kappa shape index (κ2) is 6.60. The number of carboxylic acids is 1. The van der Waals surface area contributed by atoms with Crippen LogP contribution in [0.1, 0.15) is 47.5 Å². The number of likely N-dealkylation sites (tertiary alicyclic amines) is 1. The van der Waals surface area contributed by atoms with Gasteiger partial charge in [0.1, 0.15) is 5.60 Å². The standard InChI is InChI=1S/C24H23F2NO4/c25-24(26)19(22(24)11-13-27(14-12-22)21(30)23(31)9-10-23)17-5-1-15(2-6-17)16-3-7-18(8-4-16)20(28)29/h1-8,19,31H,9-14H2,(H,28,29)/t19-/m1/s1. The number of aliphatic hydroxyl groups is 1. The molecule has 5 nitrogen and oxygen atoms in total. The predicted molar refractivity (Wildman–Crippen MR) is 109 cm³/mol. The van der Waals surface area contributed by atoms with E-state index < -0.39 is 28.8 Å². The Bertz CT molecular complexity index is 1040. The molecular formula is C24H23F2NO4. The maximum Gasteiger partial charge on any atom is 0.335 e. The average molecular weight is 427 g/mol. The van der Waals surface area contributed by atoms with Crippen molar-refractivity contribution in [3.63, 3.8) is 0 Å². The summed E-state index contributed by atoms with van der Waals surface area (Å²) >= 11 is 0. The summed E-state index contributed by atoms with van der Waals surface area (Å²) in [5.41, 5.74) is 0.0419. The molecule has 3 aliphatic rings.